The molecule has 0 bridgehead atoms. The van der Waals surface area contributed by atoms with Gasteiger partial charge in [0.05, 0.1) is 41.3 Å². The molecule has 1 N–H and O–H groups in total. The number of ketones is 1. The van der Waals surface area contributed by atoms with Gasteiger partial charge in [0, 0.05) is 23.0 Å². The summed E-state index contributed by atoms with van der Waals surface area (Å²) in [7, 11) is 0. The van der Waals surface area contributed by atoms with Gasteiger partial charge in [-0.2, -0.15) is 0 Å². The van der Waals surface area contributed by atoms with Gasteiger partial charge < -0.3 is 14.9 Å². The maximum absolute atomic E-state index is 13.4. The number of amides is 1. The highest BCUT2D eigenvalue weighted by atomic mass is 79.9. The largest absolute Gasteiger partial charge is 0.868 e. The number of halogens is 1. The van der Waals surface area contributed by atoms with Crippen LogP contribution in [0.25, 0.3) is 0 Å². The van der Waals surface area contributed by atoms with E-state index >= 15 is 0 Å². The Kier molecular flexibility index (Phi) is 7.67. The first-order chi connectivity index (χ1) is 14.8. The van der Waals surface area contributed by atoms with Crippen LogP contribution in [0.2, 0.25) is 0 Å². The molecule has 0 saturated carbocycles. The summed E-state index contributed by atoms with van der Waals surface area (Å²) in [6.45, 7) is 11.2. The summed E-state index contributed by atoms with van der Waals surface area (Å²) >= 11 is 4.74. The predicted molar refractivity (Wildman–Crippen MR) is 123 cm³/mol. The third-order valence-electron chi connectivity index (χ3n) is 5.73. The molecule has 31 heavy (non-hydrogen) atoms. The van der Waals surface area contributed by atoms with Gasteiger partial charge >= 0.3 is 0 Å². The second-order valence-corrected chi connectivity index (χ2v) is 9.85. The Morgan fingerprint density at radius 1 is 1.29 bits per heavy atom. The van der Waals surface area contributed by atoms with Crippen molar-refractivity contribution in [2.75, 3.05) is 26.2 Å². The molecule has 8 heteroatoms. The van der Waals surface area contributed by atoms with Gasteiger partial charge in [0.2, 0.25) is 11.7 Å². The molecule has 0 radical (unpaired) electrons. The van der Waals surface area contributed by atoms with Crippen LogP contribution in [0.1, 0.15) is 52.2 Å². The monoisotopic (exact) mass is 505 g/mol. The number of aromatic nitrogens is 1. The maximum atomic E-state index is 13.4. The number of carbonyl (C=O) groups is 2. The number of carbonyl (C=O) groups excluding carboxylic acids is 2. The Balaban J connectivity index is 1.98. The average molecular weight is 506 g/mol. The third-order valence-corrected chi connectivity index (χ3v) is 7.30. The first-order valence-corrected chi connectivity index (χ1v) is 12.2. The van der Waals surface area contributed by atoms with E-state index in [0.29, 0.717) is 17.1 Å². The van der Waals surface area contributed by atoms with Crippen LogP contribution in [-0.4, -0.2) is 47.8 Å². The lowest BCUT2D eigenvalue weighted by molar-refractivity contribution is -0.896. The zero-order valence-corrected chi connectivity index (χ0v) is 20.7. The topological polar surface area (TPSA) is 77.8 Å². The van der Waals surface area contributed by atoms with Gasteiger partial charge in [-0.15, -0.1) is 11.3 Å². The first kappa shape index (κ1) is 23.6. The smallest absolute Gasteiger partial charge is 0.239 e. The molecular formula is C23H28BrN3O3S. The molecule has 0 aliphatic carbocycles. The van der Waals surface area contributed by atoms with Gasteiger partial charge in [0.25, 0.3) is 0 Å². The molecule has 1 aromatic carbocycles. The summed E-state index contributed by atoms with van der Waals surface area (Å²) in [5, 5.41) is 13.8. The van der Waals surface area contributed by atoms with Crippen molar-refractivity contribution in [2.45, 2.75) is 40.2 Å². The van der Waals surface area contributed by atoms with E-state index in [-0.39, 0.29) is 11.4 Å². The summed E-state index contributed by atoms with van der Waals surface area (Å²) in [6.07, 6.45) is 0.765. The number of rotatable bonds is 9. The summed E-state index contributed by atoms with van der Waals surface area (Å²) in [5.74, 6) is -1.68. The van der Waals surface area contributed by atoms with Gasteiger partial charge in [-0.1, -0.05) is 28.1 Å². The number of benzene rings is 1. The van der Waals surface area contributed by atoms with Gasteiger partial charge in [0.15, 0.2) is 0 Å². The van der Waals surface area contributed by atoms with E-state index < -0.39 is 17.7 Å². The lowest BCUT2D eigenvalue weighted by Crippen LogP contribution is -3.11. The fourth-order valence-corrected chi connectivity index (χ4v) is 5.38. The zero-order valence-electron chi connectivity index (χ0n) is 18.3. The van der Waals surface area contributed by atoms with Crippen molar-refractivity contribution in [3.05, 3.63) is 61.2 Å². The molecule has 1 aliphatic rings. The fourth-order valence-electron chi connectivity index (χ4n) is 4.09. The molecule has 1 aliphatic heterocycles. The van der Waals surface area contributed by atoms with E-state index in [9.17, 15) is 14.7 Å². The minimum atomic E-state index is -0.699. The molecule has 3 rings (SSSR count). The Hall–Kier alpha value is -2.03. The van der Waals surface area contributed by atoms with E-state index in [1.165, 1.54) is 16.2 Å². The number of quaternary nitrogens is 1. The molecule has 2 aromatic rings. The van der Waals surface area contributed by atoms with Crippen LogP contribution in [0.5, 0.6) is 0 Å². The number of Topliss-reactive ketones (excluding diaryl/α,β-unsaturated/α-hetero) is 1. The minimum absolute atomic E-state index is 0.0324. The van der Waals surface area contributed by atoms with Crippen LogP contribution in [-0.2, 0) is 4.79 Å². The van der Waals surface area contributed by atoms with Crippen molar-refractivity contribution < 1.29 is 19.6 Å². The highest BCUT2D eigenvalue weighted by Crippen LogP contribution is 2.39. The highest BCUT2D eigenvalue weighted by molar-refractivity contribution is 9.10. The quantitative estimate of drug-likeness (QED) is 0.530. The Labute approximate surface area is 195 Å². The van der Waals surface area contributed by atoms with Crippen LogP contribution in [0.3, 0.4) is 0 Å². The maximum Gasteiger partial charge on any atom is 0.239 e. The van der Waals surface area contributed by atoms with Crippen molar-refractivity contribution in [2.24, 2.45) is 0 Å². The van der Waals surface area contributed by atoms with E-state index in [1.807, 2.05) is 31.2 Å². The van der Waals surface area contributed by atoms with Gasteiger partial charge in [-0.25, -0.2) is 4.98 Å². The van der Waals surface area contributed by atoms with Crippen molar-refractivity contribution >= 4 is 39.0 Å². The number of hydrogen-bond acceptors (Lipinski definition) is 5. The molecule has 1 amide bonds. The van der Waals surface area contributed by atoms with Gasteiger partial charge in [-0.05, 0) is 51.2 Å². The molecule has 1 atom stereocenters. The van der Waals surface area contributed by atoms with Gasteiger partial charge in [-0.3, -0.25) is 9.59 Å². The summed E-state index contributed by atoms with van der Waals surface area (Å²) < 4.78 is 0.834. The summed E-state index contributed by atoms with van der Waals surface area (Å²) in [6, 6.07) is 6.79. The van der Waals surface area contributed by atoms with Crippen molar-refractivity contribution in [3.8, 4) is 0 Å². The predicted octanol–water partition coefficient (Wildman–Crippen LogP) is 2.22. The Morgan fingerprint density at radius 2 is 2.00 bits per heavy atom. The number of nitrogens with zero attached hydrogens (tertiary/aromatic N) is 2. The van der Waals surface area contributed by atoms with Crippen LogP contribution in [0.4, 0.5) is 0 Å². The lowest BCUT2D eigenvalue weighted by atomic mass is 9.95. The molecule has 6 nitrogen and oxygen atoms in total. The minimum Gasteiger partial charge on any atom is -0.868 e. The summed E-state index contributed by atoms with van der Waals surface area (Å²) in [5.41, 5.74) is 1.38. The number of hydrogen-bond donors (Lipinski definition) is 1. The van der Waals surface area contributed by atoms with Crippen LogP contribution in [0.15, 0.2) is 40.1 Å². The Bertz CT molecular complexity index is 1010. The van der Waals surface area contributed by atoms with Crippen LogP contribution in [0, 0.1) is 13.8 Å². The summed E-state index contributed by atoms with van der Waals surface area (Å²) in [4.78, 5) is 34.2. The van der Waals surface area contributed by atoms with E-state index in [0.717, 1.165) is 41.1 Å². The molecule has 0 fully saturated rings. The lowest BCUT2D eigenvalue weighted by Gasteiger charge is -2.28. The third kappa shape index (κ3) is 4.91. The van der Waals surface area contributed by atoms with Crippen LogP contribution >= 0.6 is 27.3 Å². The number of aryl methyl sites for hydroxylation is 2. The average Bonchev–Trinajstić information content (AvgIpc) is 3.21. The molecule has 166 valence electrons. The molecule has 1 unspecified atom stereocenters. The molecule has 2 heterocycles. The molecule has 0 saturated heterocycles. The normalized spacial score (nSPS) is 16.6. The number of thiazole rings is 1. The van der Waals surface area contributed by atoms with Gasteiger partial charge in [0.1, 0.15) is 0 Å². The molecular weight excluding hydrogens is 478 g/mol. The van der Waals surface area contributed by atoms with E-state index in [2.05, 4.69) is 34.8 Å². The SMILES string of the molecule is CC[NH+](CC)CCCN1C(=O)C([O-])=C(C(=O)c2sc(C)nc2C)C1c1cccc(Br)c1. The van der Waals surface area contributed by atoms with E-state index in [4.69, 9.17) is 0 Å². The number of nitrogens with one attached hydrogen (secondary N) is 1. The second-order valence-electron chi connectivity index (χ2n) is 7.74. The molecule has 1 aromatic heterocycles. The van der Waals surface area contributed by atoms with Crippen molar-refractivity contribution in [1.82, 2.24) is 9.88 Å². The van der Waals surface area contributed by atoms with E-state index in [1.54, 1.807) is 11.8 Å². The molecule has 0 spiro atoms. The highest BCUT2D eigenvalue weighted by Gasteiger charge is 2.40. The fraction of sp³-hybridized carbons (Fsp3) is 0.435. The first-order valence-electron chi connectivity index (χ1n) is 10.6. The Morgan fingerprint density at radius 3 is 2.58 bits per heavy atom. The van der Waals surface area contributed by atoms with Crippen molar-refractivity contribution in [3.63, 3.8) is 0 Å². The second kappa shape index (κ2) is 10.1. The van der Waals surface area contributed by atoms with Crippen LogP contribution < -0.4 is 10.0 Å². The van der Waals surface area contributed by atoms with Crippen molar-refractivity contribution in [1.29, 1.82) is 0 Å². The zero-order chi connectivity index (χ0) is 22.7. The standard InChI is InChI=1S/C23H28BrN3O3S/c1-5-26(6-2)11-8-12-27-19(16-9-7-10-17(24)13-16)18(21(29)23(27)30)20(28)22-14(3)25-15(4)31-22/h7,9-10,13,19,29H,5-6,8,11-12H2,1-4H3.